The van der Waals surface area contributed by atoms with Gasteiger partial charge in [-0.2, -0.15) is 5.10 Å². The Morgan fingerprint density at radius 3 is 2.38 bits per heavy atom. The van der Waals surface area contributed by atoms with Gasteiger partial charge in [0, 0.05) is 18.1 Å². The summed E-state index contributed by atoms with van der Waals surface area (Å²) in [6, 6.07) is 22.7. The molecule has 2 N–H and O–H groups in total. The third kappa shape index (κ3) is 4.47. The van der Waals surface area contributed by atoms with Gasteiger partial charge in [0.15, 0.2) is 5.69 Å². The summed E-state index contributed by atoms with van der Waals surface area (Å²) in [5.74, 6) is 0.308. The molecule has 0 fully saturated rings. The van der Waals surface area contributed by atoms with E-state index in [1.54, 1.807) is 18.3 Å². The van der Waals surface area contributed by atoms with Crippen molar-refractivity contribution in [2.75, 3.05) is 10.6 Å². The topological polar surface area (TPSA) is 84.7 Å². The molecular formula is C22H20N6O. The molecule has 4 rings (SSSR count). The van der Waals surface area contributed by atoms with Gasteiger partial charge in [0.1, 0.15) is 5.82 Å². The van der Waals surface area contributed by atoms with E-state index < -0.39 is 0 Å². The maximum Gasteiger partial charge on any atom is 0.276 e. The van der Waals surface area contributed by atoms with Crippen molar-refractivity contribution in [3.05, 3.63) is 96.4 Å². The second-order valence-corrected chi connectivity index (χ2v) is 6.53. The Bertz CT molecular complexity index is 1060. The Kier molecular flexibility index (Phi) is 5.29. The standard InChI is InChI=1S/C22H20N6O/c1-16(17-8-10-19(11-9-17)28-15-5-14-23-28)24-21-13-12-20(26-27-21)22(29)25-18-6-3-2-4-7-18/h2-16H,1H3,(H,24,27)(H,25,29). The molecule has 0 saturated carbocycles. The van der Waals surface area contributed by atoms with Gasteiger partial charge in [-0.25, -0.2) is 4.68 Å². The first-order chi connectivity index (χ1) is 14.2. The van der Waals surface area contributed by atoms with E-state index >= 15 is 0 Å². The van der Waals surface area contributed by atoms with E-state index in [0.29, 0.717) is 11.5 Å². The minimum Gasteiger partial charge on any atom is -0.362 e. The molecule has 1 amide bonds. The number of carbonyl (C=O) groups is 1. The summed E-state index contributed by atoms with van der Waals surface area (Å²) in [6.45, 7) is 2.04. The Balaban J connectivity index is 1.38. The molecular weight excluding hydrogens is 364 g/mol. The van der Waals surface area contributed by atoms with Crippen LogP contribution in [-0.2, 0) is 0 Å². The summed E-state index contributed by atoms with van der Waals surface area (Å²) < 4.78 is 1.81. The molecule has 0 saturated heterocycles. The predicted octanol–water partition coefficient (Wildman–Crippen LogP) is 4.09. The van der Waals surface area contributed by atoms with Crippen LogP contribution in [0.15, 0.2) is 85.2 Å². The number of benzene rings is 2. The van der Waals surface area contributed by atoms with Gasteiger partial charge < -0.3 is 10.6 Å². The highest BCUT2D eigenvalue weighted by atomic mass is 16.1. The molecule has 2 aromatic carbocycles. The highest BCUT2D eigenvalue weighted by Crippen LogP contribution is 2.19. The first-order valence-corrected chi connectivity index (χ1v) is 9.26. The molecule has 2 aromatic heterocycles. The number of hydrogen-bond acceptors (Lipinski definition) is 5. The van der Waals surface area contributed by atoms with Crippen LogP contribution in [0.2, 0.25) is 0 Å². The molecule has 144 valence electrons. The van der Waals surface area contributed by atoms with Crippen molar-refractivity contribution in [3.63, 3.8) is 0 Å². The highest BCUT2D eigenvalue weighted by molar-refractivity contribution is 6.02. The van der Waals surface area contributed by atoms with Crippen molar-refractivity contribution >= 4 is 17.4 Å². The summed E-state index contributed by atoms with van der Waals surface area (Å²) in [4.78, 5) is 12.3. The average Bonchev–Trinajstić information content (AvgIpc) is 3.30. The molecule has 0 radical (unpaired) electrons. The van der Waals surface area contributed by atoms with Crippen LogP contribution in [0, 0.1) is 0 Å². The monoisotopic (exact) mass is 384 g/mol. The highest BCUT2D eigenvalue weighted by Gasteiger charge is 2.11. The Morgan fingerprint density at radius 2 is 1.72 bits per heavy atom. The summed E-state index contributed by atoms with van der Waals surface area (Å²) in [6.07, 6.45) is 3.66. The van der Waals surface area contributed by atoms with Crippen molar-refractivity contribution in [2.45, 2.75) is 13.0 Å². The van der Waals surface area contributed by atoms with Gasteiger partial charge in [0.05, 0.1) is 11.7 Å². The van der Waals surface area contributed by atoms with Crippen molar-refractivity contribution in [2.24, 2.45) is 0 Å². The minimum absolute atomic E-state index is 0.0277. The molecule has 4 aromatic rings. The van der Waals surface area contributed by atoms with E-state index in [2.05, 4.69) is 25.9 Å². The molecule has 7 heteroatoms. The third-order valence-electron chi connectivity index (χ3n) is 4.46. The van der Waals surface area contributed by atoms with Crippen LogP contribution >= 0.6 is 0 Å². The van der Waals surface area contributed by atoms with Crippen molar-refractivity contribution in [1.82, 2.24) is 20.0 Å². The number of amides is 1. The molecule has 1 atom stereocenters. The summed E-state index contributed by atoms with van der Waals surface area (Å²) in [5.41, 5.74) is 3.08. The second kappa shape index (κ2) is 8.35. The molecule has 0 bridgehead atoms. The average molecular weight is 384 g/mol. The molecule has 29 heavy (non-hydrogen) atoms. The summed E-state index contributed by atoms with van der Waals surface area (Å²) in [5, 5.41) is 18.5. The fourth-order valence-electron chi connectivity index (χ4n) is 2.89. The fraction of sp³-hybridized carbons (Fsp3) is 0.0909. The molecule has 0 aliphatic rings. The Hall–Kier alpha value is -4.00. The van der Waals surface area contributed by atoms with Crippen LogP contribution in [0.4, 0.5) is 11.5 Å². The maximum absolute atomic E-state index is 12.3. The predicted molar refractivity (Wildman–Crippen MR) is 112 cm³/mol. The van der Waals surface area contributed by atoms with Crippen molar-refractivity contribution in [3.8, 4) is 5.69 Å². The number of anilines is 2. The van der Waals surface area contributed by atoms with Crippen LogP contribution in [0.25, 0.3) is 5.69 Å². The Morgan fingerprint density at radius 1 is 0.931 bits per heavy atom. The normalized spacial score (nSPS) is 11.6. The van der Waals surface area contributed by atoms with Gasteiger partial charge in [0.2, 0.25) is 0 Å². The van der Waals surface area contributed by atoms with E-state index in [0.717, 1.165) is 11.3 Å². The second-order valence-electron chi connectivity index (χ2n) is 6.53. The maximum atomic E-state index is 12.3. The van der Waals surface area contributed by atoms with Crippen LogP contribution in [0.3, 0.4) is 0 Å². The van der Waals surface area contributed by atoms with Gasteiger partial charge >= 0.3 is 0 Å². The number of aromatic nitrogens is 4. The zero-order valence-corrected chi connectivity index (χ0v) is 15.9. The lowest BCUT2D eigenvalue weighted by Gasteiger charge is -2.15. The molecule has 1 unspecified atom stereocenters. The minimum atomic E-state index is -0.294. The van der Waals surface area contributed by atoms with Gasteiger partial charge in [0.25, 0.3) is 5.91 Å². The van der Waals surface area contributed by atoms with E-state index in [4.69, 9.17) is 0 Å². The first kappa shape index (κ1) is 18.4. The van der Waals surface area contributed by atoms with Crippen LogP contribution < -0.4 is 10.6 Å². The van der Waals surface area contributed by atoms with Gasteiger partial charge in [-0.1, -0.05) is 30.3 Å². The molecule has 0 aliphatic heterocycles. The number of nitrogens with zero attached hydrogens (tertiary/aromatic N) is 4. The van der Waals surface area contributed by atoms with E-state index in [-0.39, 0.29) is 17.6 Å². The van der Waals surface area contributed by atoms with Crippen molar-refractivity contribution < 1.29 is 4.79 Å². The molecule has 0 aliphatic carbocycles. The lowest BCUT2D eigenvalue weighted by atomic mass is 10.1. The van der Waals surface area contributed by atoms with Gasteiger partial charge in [-0.05, 0) is 55.0 Å². The lowest BCUT2D eigenvalue weighted by Crippen LogP contribution is -2.15. The van der Waals surface area contributed by atoms with Crippen LogP contribution in [0.1, 0.15) is 29.0 Å². The quantitative estimate of drug-likeness (QED) is 0.523. The van der Waals surface area contributed by atoms with E-state index in [1.807, 2.05) is 78.5 Å². The third-order valence-corrected chi connectivity index (χ3v) is 4.46. The zero-order valence-electron chi connectivity index (χ0n) is 15.9. The van der Waals surface area contributed by atoms with E-state index in [9.17, 15) is 4.79 Å². The van der Waals surface area contributed by atoms with Gasteiger partial charge in [-0.15, -0.1) is 10.2 Å². The SMILES string of the molecule is CC(Nc1ccc(C(=O)Nc2ccccc2)nn1)c1ccc(-n2cccn2)cc1. The summed E-state index contributed by atoms with van der Waals surface area (Å²) in [7, 11) is 0. The van der Waals surface area contributed by atoms with Gasteiger partial charge in [-0.3, -0.25) is 4.79 Å². The zero-order chi connectivity index (χ0) is 20.1. The largest absolute Gasteiger partial charge is 0.362 e. The van der Waals surface area contributed by atoms with Crippen LogP contribution in [-0.4, -0.2) is 25.9 Å². The van der Waals surface area contributed by atoms with Crippen molar-refractivity contribution in [1.29, 1.82) is 0 Å². The smallest absolute Gasteiger partial charge is 0.276 e. The number of para-hydroxylation sites is 1. The lowest BCUT2D eigenvalue weighted by molar-refractivity contribution is 0.102. The van der Waals surface area contributed by atoms with E-state index in [1.165, 1.54) is 0 Å². The number of carbonyl (C=O) groups excluding carboxylic acids is 1. The first-order valence-electron chi connectivity index (χ1n) is 9.26. The van der Waals surface area contributed by atoms with Crippen LogP contribution in [0.5, 0.6) is 0 Å². The molecule has 2 heterocycles. The Labute approximate surface area is 168 Å². The number of nitrogens with one attached hydrogen (secondary N) is 2. The fourth-order valence-corrected chi connectivity index (χ4v) is 2.89. The number of rotatable bonds is 6. The molecule has 7 nitrogen and oxygen atoms in total. The summed E-state index contributed by atoms with van der Waals surface area (Å²) >= 11 is 0. The molecule has 0 spiro atoms. The number of hydrogen-bond donors (Lipinski definition) is 2.